The monoisotopic (exact) mass is 233 g/mol. The second-order valence-electron chi connectivity index (χ2n) is 3.24. The summed E-state index contributed by atoms with van der Waals surface area (Å²) in [6.07, 6.45) is 2.77. The van der Waals surface area contributed by atoms with E-state index in [2.05, 4.69) is 19.9 Å². The van der Waals surface area contributed by atoms with Gasteiger partial charge in [0.2, 0.25) is 5.88 Å². The van der Waals surface area contributed by atoms with Crippen LogP contribution in [0, 0.1) is 0 Å². The zero-order valence-electron chi connectivity index (χ0n) is 9.17. The maximum atomic E-state index is 11.5. The topological polar surface area (TPSA) is 107 Å². The third kappa shape index (κ3) is 2.28. The Kier molecular flexibility index (Phi) is 3.10. The SMILES string of the molecule is COc1cc(-c2ncc(CN)c(=O)[nH]2)ncn1. The van der Waals surface area contributed by atoms with E-state index >= 15 is 0 Å². The highest BCUT2D eigenvalue weighted by molar-refractivity contribution is 5.49. The molecule has 0 spiro atoms. The van der Waals surface area contributed by atoms with Crippen LogP contribution in [0.4, 0.5) is 0 Å². The summed E-state index contributed by atoms with van der Waals surface area (Å²) < 4.78 is 4.96. The van der Waals surface area contributed by atoms with Crippen LogP contribution in [0.25, 0.3) is 11.5 Å². The summed E-state index contributed by atoms with van der Waals surface area (Å²) in [5.41, 5.74) is 6.02. The lowest BCUT2D eigenvalue weighted by Crippen LogP contribution is -2.17. The van der Waals surface area contributed by atoms with Crippen LogP contribution in [-0.2, 0) is 6.54 Å². The molecule has 2 rings (SSSR count). The molecule has 0 amide bonds. The smallest absolute Gasteiger partial charge is 0.255 e. The molecule has 7 nitrogen and oxygen atoms in total. The number of H-pyrrole nitrogens is 1. The van der Waals surface area contributed by atoms with E-state index in [1.165, 1.54) is 19.6 Å². The summed E-state index contributed by atoms with van der Waals surface area (Å²) in [5.74, 6) is 0.758. The Morgan fingerprint density at radius 2 is 2.24 bits per heavy atom. The van der Waals surface area contributed by atoms with Gasteiger partial charge in [-0.25, -0.2) is 15.0 Å². The molecule has 0 saturated carbocycles. The molecule has 2 heterocycles. The lowest BCUT2D eigenvalue weighted by atomic mass is 10.3. The van der Waals surface area contributed by atoms with Gasteiger partial charge in [0.25, 0.3) is 5.56 Å². The summed E-state index contributed by atoms with van der Waals surface area (Å²) in [6.45, 7) is 0.149. The second kappa shape index (κ2) is 4.71. The quantitative estimate of drug-likeness (QED) is 0.753. The van der Waals surface area contributed by atoms with Crippen molar-refractivity contribution in [2.45, 2.75) is 6.54 Å². The zero-order valence-corrected chi connectivity index (χ0v) is 9.17. The molecule has 0 aliphatic rings. The lowest BCUT2D eigenvalue weighted by Gasteiger charge is -2.02. The van der Waals surface area contributed by atoms with Crippen molar-refractivity contribution in [2.75, 3.05) is 7.11 Å². The molecule has 0 unspecified atom stereocenters. The number of aromatic nitrogens is 4. The van der Waals surface area contributed by atoms with Crippen molar-refractivity contribution in [3.8, 4) is 17.4 Å². The maximum absolute atomic E-state index is 11.5. The van der Waals surface area contributed by atoms with Gasteiger partial charge in [-0.05, 0) is 0 Å². The van der Waals surface area contributed by atoms with E-state index in [1.54, 1.807) is 6.07 Å². The van der Waals surface area contributed by atoms with Gasteiger partial charge in [-0.2, -0.15) is 0 Å². The molecule has 17 heavy (non-hydrogen) atoms. The predicted octanol–water partition coefficient (Wildman–Crippen LogP) is -0.306. The number of nitrogens with zero attached hydrogens (tertiary/aromatic N) is 3. The molecule has 88 valence electrons. The Labute approximate surface area is 96.7 Å². The van der Waals surface area contributed by atoms with Gasteiger partial charge in [0, 0.05) is 24.4 Å². The Morgan fingerprint density at radius 3 is 2.88 bits per heavy atom. The molecule has 2 aromatic rings. The minimum Gasteiger partial charge on any atom is -0.481 e. The number of methoxy groups -OCH3 is 1. The van der Waals surface area contributed by atoms with Gasteiger partial charge in [-0.15, -0.1) is 0 Å². The van der Waals surface area contributed by atoms with Crippen molar-refractivity contribution in [1.82, 2.24) is 19.9 Å². The highest BCUT2D eigenvalue weighted by Crippen LogP contribution is 2.13. The van der Waals surface area contributed by atoms with E-state index in [9.17, 15) is 4.79 Å². The lowest BCUT2D eigenvalue weighted by molar-refractivity contribution is 0.397. The van der Waals surface area contributed by atoms with Gasteiger partial charge in [0.05, 0.1) is 7.11 Å². The highest BCUT2D eigenvalue weighted by atomic mass is 16.5. The van der Waals surface area contributed by atoms with Crippen LogP contribution in [0.5, 0.6) is 5.88 Å². The first-order chi connectivity index (χ1) is 8.24. The Hall–Kier alpha value is -2.28. The predicted molar refractivity (Wildman–Crippen MR) is 60.3 cm³/mol. The number of nitrogens with one attached hydrogen (secondary N) is 1. The number of aromatic amines is 1. The fourth-order valence-electron chi connectivity index (χ4n) is 1.28. The van der Waals surface area contributed by atoms with Crippen LogP contribution in [0.2, 0.25) is 0 Å². The molecule has 0 radical (unpaired) electrons. The minimum absolute atomic E-state index is 0.149. The normalized spacial score (nSPS) is 10.2. The second-order valence-corrected chi connectivity index (χ2v) is 3.24. The molecule has 0 bridgehead atoms. The third-order valence-electron chi connectivity index (χ3n) is 2.19. The van der Waals surface area contributed by atoms with Crippen LogP contribution >= 0.6 is 0 Å². The standard InChI is InChI=1S/C10H11N5O2/c1-17-8-2-7(13-5-14-8)9-12-4-6(3-11)10(16)15-9/h2,4-5H,3,11H2,1H3,(H,12,15,16). The van der Waals surface area contributed by atoms with Gasteiger partial charge in [0.1, 0.15) is 12.0 Å². The Balaban J connectivity index is 2.46. The first-order valence-electron chi connectivity index (χ1n) is 4.89. The minimum atomic E-state index is -0.268. The molecular weight excluding hydrogens is 222 g/mol. The number of nitrogens with two attached hydrogens (primary N) is 1. The van der Waals surface area contributed by atoms with Crippen molar-refractivity contribution < 1.29 is 4.74 Å². The number of hydrogen-bond donors (Lipinski definition) is 2. The molecule has 0 aromatic carbocycles. The first kappa shape index (κ1) is 11.2. The van der Waals surface area contributed by atoms with Gasteiger partial charge < -0.3 is 15.5 Å². The van der Waals surface area contributed by atoms with E-state index in [0.29, 0.717) is 23.0 Å². The first-order valence-corrected chi connectivity index (χ1v) is 4.89. The molecule has 2 aromatic heterocycles. The number of hydrogen-bond acceptors (Lipinski definition) is 6. The van der Waals surface area contributed by atoms with E-state index in [4.69, 9.17) is 10.5 Å². The van der Waals surface area contributed by atoms with Crippen molar-refractivity contribution in [3.63, 3.8) is 0 Å². The molecule has 3 N–H and O–H groups in total. The Bertz CT molecular complexity index is 581. The summed E-state index contributed by atoms with van der Waals surface area (Å²) in [7, 11) is 1.50. The average Bonchev–Trinajstić information content (AvgIpc) is 2.38. The fourth-order valence-corrected chi connectivity index (χ4v) is 1.28. The molecule has 0 fully saturated rings. The molecule has 0 aliphatic heterocycles. The van der Waals surface area contributed by atoms with E-state index in [-0.39, 0.29) is 12.1 Å². The Morgan fingerprint density at radius 1 is 1.41 bits per heavy atom. The largest absolute Gasteiger partial charge is 0.481 e. The van der Waals surface area contributed by atoms with Crippen molar-refractivity contribution >= 4 is 0 Å². The van der Waals surface area contributed by atoms with Crippen LogP contribution in [0.3, 0.4) is 0 Å². The van der Waals surface area contributed by atoms with Crippen molar-refractivity contribution in [3.05, 3.63) is 34.5 Å². The van der Waals surface area contributed by atoms with Gasteiger partial charge in [0.15, 0.2) is 5.82 Å². The molecular formula is C10H11N5O2. The fraction of sp³-hybridized carbons (Fsp3) is 0.200. The summed E-state index contributed by atoms with van der Waals surface area (Å²) in [5, 5.41) is 0. The average molecular weight is 233 g/mol. The molecule has 7 heteroatoms. The number of rotatable bonds is 3. The van der Waals surface area contributed by atoms with E-state index in [0.717, 1.165) is 0 Å². The van der Waals surface area contributed by atoms with Gasteiger partial charge in [-0.3, -0.25) is 4.79 Å². The van der Waals surface area contributed by atoms with Crippen LogP contribution in [0.1, 0.15) is 5.56 Å². The van der Waals surface area contributed by atoms with Gasteiger partial charge >= 0.3 is 0 Å². The molecule has 0 atom stereocenters. The highest BCUT2D eigenvalue weighted by Gasteiger charge is 2.06. The van der Waals surface area contributed by atoms with Crippen LogP contribution in [0.15, 0.2) is 23.4 Å². The molecule has 0 saturated heterocycles. The number of ether oxygens (including phenoxy) is 1. The molecule has 0 aliphatic carbocycles. The zero-order chi connectivity index (χ0) is 12.3. The van der Waals surface area contributed by atoms with Crippen molar-refractivity contribution in [2.24, 2.45) is 5.73 Å². The van der Waals surface area contributed by atoms with Crippen molar-refractivity contribution in [1.29, 1.82) is 0 Å². The summed E-state index contributed by atoms with van der Waals surface area (Å²) in [6, 6.07) is 1.58. The van der Waals surface area contributed by atoms with Crippen LogP contribution in [-0.4, -0.2) is 27.0 Å². The van der Waals surface area contributed by atoms with Gasteiger partial charge in [-0.1, -0.05) is 0 Å². The third-order valence-corrected chi connectivity index (χ3v) is 2.19. The van der Waals surface area contributed by atoms with E-state index < -0.39 is 0 Å². The summed E-state index contributed by atoms with van der Waals surface area (Å²) in [4.78, 5) is 26.1. The van der Waals surface area contributed by atoms with E-state index in [1.807, 2.05) is 0 Å². The van der Waals surface area contributed by atoms with Crippen LogP contribution < -0.4 is 16.0 Å². The maximum Gasteiger partial charge on any atom is 0.255 e. The summed E-state index contributed by atoms with van der Waals surface area (Å²) >= 11 is 0.